The summed E-state index contributed by atoms with van der Waals surface area (Å²) in [4.78, 5) is 11.6. The Hall–Kier alpha value is -2.43. The summed E-state index contributed by atoms with van der Waals surface area (Å²) < 4.78 is 5.16. The first-order valence-corrected chi connectivity index (χ1v) is 6.40. The third-order valence-electron chi connectivity index (χ3n) is 2.99. The second-order valence-electron chi connectivity index (χ2n) is 4.70. The molecule has 0 fully saturated rings. The molecule has 0 radical (unpaired) electrons. The van der Waals surface area contributed by atoms with Crippen LogP contribution in [-0.4, -0.2) is 16.2 Å². The highest BCUT2D eigenvalue weighted by atomic mass is 16.5. The highest BCUT2D eigenvalue weighted by Gasteiger charge is 2.32. The normalized spacial score (nSPS) is 11.0. The topological polar surface area (TPSA) is 66.8 Å². The van der Waals surface area contributed by atoms with Crippen LogP contribution in [0.15, 0.2) is 66.7 Å². The number of aliphatic hydroxyl groups is 2. The Bertz CT molecular complexity index is 660. The molecular formula is C17H16O4. The van der Waals surface area contributed by atoms with Gasteiger partial charge >= 0.3 is 5.97 Å². The molecule has 108 valence electrons. The van der Waals surface area contributed by atoms with Gasteiger partial charge in [0.2, 0.25) is 5.79 Å². The monoisotopic (exact) mass is 284 g/mol. The average molecular weight is 284 g/mol. The summed E-state index contributed by atoms with van der Waals surface area (Å²) in [6.07, 6.45) is 0. The van der Waals surface area contributed by atoms with Crippen molar-refractivity contribution in [1.29, 1.82) is 0 Å². The molecule has 21 heavy (non-hydrogen) atoms. The summed E-state index contributed by atoms with van der Waals surface area (Å²) in [6.45, 7) is 5.02. The minimum absolute atomic E-state index is 0.0827. The molecule has 0 saturated carbocycles. The molecule has 0 aliphatic rings. The largest absolute Gasteiger partial charge is 0.423 e. The summed E-state index contributed by atoms with van der Waals surface area (Å²) in [5.74, 6) is -2.79. The highest BCUT2D eigenvalue weighted by Crippen LogP contribution is 2.33. The van der Waals surface area contributed by atoms with Crippen molar-refractivity contribution in [2.45, 2.75) is 12.7 Å². The molecule has 0 spiro atoms. The number of carbonyl (C=O) groups is 1. The van der Waals surface area contributed by atoms with Crippen LogP contribution >= 0.6 is 0 Å². The van der Waals surface area contributed by atoms with Crippen molar-refractivity contribution in [2.75, 3.05) is 0 Å². The molecule has 0 unspecified atom stereocenters. The van der Waals surface area contributed by atoms with Crippen molar-refractivity contribution >= 4 is 5.97 Å². The van der Waals surface area contributed by atoms with Gasteiger partial charge in [0.25, 0.3) is 0 Å². The lowest BCUT2D eigenvalue weighted by Crippen LogP contribution is -2.27. The molecule has 4 heteroatoms. The number of hydrogen-bond donors (Lipinski definition) is 2. The van der Waals surface area contributed by atoms with Crippen LogP contribution in [0.1, 0.15) is 18.1 Å². The molecule has 0 bridgehead atoms. The number of rotatable bonds is 4. The molecule has 2 rings (SSSR count). The van der Waals surface area contributed by atoms with Crippen LogP contribution in [0, 0.1) is 0 Å². The van der Waals surface area contributed by atoms with Crippen LogP contribution in [0.2, 0.25) is 0 Å². The maximum atomic E-state index is 11.6. The Morgan fingerprint density at radius 1 is 1.05 bits per heavy atom. The number of ether oxygens (including phenoxy) is 1. The molecule has 2 aromatic rings. The van der Waals surface area contributed by atoms with Crippen molar-refractivity contribution in [2.24, 2.45) is 0 Å². The van der Waals surface area contributed by atoms with E-state index in [0.717, 1.165) is 0 Å². The highest BCUT2D eigenvalue weighted by molar-refractivity contribution is 5.89. The fraction of sp³-hybridized carbons (Fsp3) is 0.118. The maximum absolute atomic E-state index is 11.6. The first kappa shape index (κ1) is 15.0. The lowest BCUT2D eigenvalue weighted by molar-refractivity contribution is -0.136. The van der Waals surface area contributed by atoms with Gasteiger partial charge in [-0.1, -0.05) is 49.0 Å². The zero-order chi connectivity index (χ0) is 15.5. The van der Waals surface area contributed by atoms with Crippen molar-refractivity contribution in [1.82, 2.24) is 0 Å². The zero-order valence-corrected chi connectivity index (χ0v) is 11.6. The van der Waals surface area contributed by atoms with E-state index in [2.05, 4.69) is 6.58 Å². The van der Waals surface area contributed by atoms with E-state index < -0.39 is 11.8 Å². The second kappa shape index (κ2) is 5.91. The third kappa shape index (κ3) is 3.18. The van der Waals surface area contributed by atoms with E-state index in [1.165, 1.54) is 19.1 Å². The average Bonchev–Trinajstić information content (AvgIpc) is 2.48. The van der Waals surface area contributed by atoms with Crippen molar-refractivity contribution < 1.29 is 19.7 Å². The number of para-hydroxylation sites is 1. The predicted molar refractivity (Wildman–Crippen MR) is 78.6 cm³/mol. The van der Waals surface area contributed by atoms with Gasteiger partial charge in [0.1, 0.15) is 5.75 Å². The summed E-state index contributed by atoms with van der Waals surface area (Å²) >= 11 is 0. The molecule has 0 heterocycles. The van der Waals surface area contributed by atoms with E-state index in [1.807, 2.05) is 0 Å². The van der Waals surface area contributed by atoms with Crippen LogP contribution in [-0.2, 0) is 10.6 Å². The van der Waals surface area contributed by atoms with Gasteiger partial charge in [0.05, 0.1) is 5.56 Å². The van der Waals surface area contributed by atoms with E-state index in [1.54, 1.807) is 42.5 Å². The van der Waals surface area contributed by atoms with E-state index in [0.29, 0.717) is 0 Å². The second-order valence-corrected chi connectivity index (χ2v) is 4.70. The summed E-state index contributed by atoms with van der Waals surface area (Å²) in [6, 6.07) is 14.6. The summed E-state index contributed by atoms with van der Waals surface area (Å²) in [5, 5.41) is 20.9. The van der Waals surface area contributed by atoms with Gasteiger partial charge in [-0.3, -0.25) is 0 Å². The standard InChI is InChI=1S/C17H16O4/c1-12(2)16(18)21-15-11-7-6-10-14(15)17(19,20)13-8-4-3-5-9-13/h3-11,19-20H,1H2,2H3. The van der Waals surface area contributed by atoms with Gasteiger partial charge in [-0.05, 0) is 19.1 Å². The van der Waals surface area contributed by atoms with Gasteiger partial charge < -0.3 is 14.9 Å². The van der Waals surface area contributed by atoms with E-state index in [-0.39, 0.29) is 22.4 Å². The summed E-state index contributed by atoms with van der Waals surface area (Å²) in [5.41, 5.74) is 0.598. The van der Waals surface area contributed by atoms with Crippen LogP contribution in [0.4, 0.5) is 0 Å². The Labute approximate surface area is 122 Å². The molecule has 0 aromatic heterocycles. The maximum Gasteiger partial charge on any atom is 0.338 e. The molecular weight excluding hydrogens is 268 g/mol. The Balaban J connectivity index is 2.44. The minimum atomic E-state index is -2.26. The fourth-order valence-corrected chi connectivity index (χ4v) is 1.86. The Morgan fingerprint density at radius 2 is 1.62 bits per heavy atom. The first-order chi connectivity index (χ1) is 9.93. The smallest absolute Gasteiger partial charge is 0.338 e. The fourth-order valence-electron chi connectivity index (χ4n) is 1.86. The van der Waals surface area contributed by atoms with E-state index >= 15 is 0 Å². The Morgan fingerprint density at radius 3 is 2.24 bits per heavy atom. The van der Waals surface area contributed by atoms with Crippen LogP contribution in [0.25, 0.3) is 0 Å². The third-order valence-corrected chi connectivity index (χ3v) is 2.99. The lowest BCUT2D eigenvalue weighted by atomic mass is 9.97. The number of esters is 1. The van der Waals surface area contributed by atoms with Crippen molar-refractivity contribution in [3.8, 4) is 5.75 Å². The molecule has 2 N–H and O–H groups in total. The van der Waals surface area contributed by atoms with Crippen LogP contribution in [0.3, 0.4) is 0 Å². The minimum Gasteiger partial charge on any atom is -0.423 e. The Kier molecular flexibility index (Phi) is 4.21. The van der Waals surface area contributed by atoms with Gasteiger partial charge in [-0.2, -0.15) is 0 Å². The number of hydrogen-bond acceptors (Lipinski definition) is 4. The van der Waals surface area contributed by atoms with Gasteiger partial charge in [0, 0.05) is 11.1 Å². The first-order valence-electron chi connectivity index (χ1n) is 6.40. The summed E-state index contributed by atoms with van der Waals surface area (Å²) in [7, 11) is 0. The molecule has 0 amide bonds. The zero-order valence-electron chi connectivity index (χ0n) is 11.6. The molecule has 0 aliphatic heterocycles. The van der Waals surface area contributed by atoms with Gasteiger partial charge in [0.15, 0.2) is 0 Å². The number of carbonyl (C=O) groups excluding carboxylic acids is 1. The predicted octanol–water partition coefficient (Wildman–Crippen LogP) is 2.35. The van der Waals surface area contributed by atoms with Crippen LogP contribution in [0.5, 0.6) is 5.75 Å². The van der Waals surface area contributed by atoms with E-state index in [4.69, 9.17) is 4.74 Å². The number of benzene rings is 2. The van der Waals surface area contributed by atoms with Crippen molar-refractivity contribution in [3.05, 3.63) is 77.9 Å². The lowest BCUT2D eigenvalue weighted by Gasteiger charge is -2.24. The SMILES string of the molecule is C=C(C)C(=O)Oc1ccccc1C(O)(O)c1ccccc1. The van der Waals surface area contributed by atoms with Crippen molar-refractivity contribution in [3.63, 3.8) is 0 Å². The van der Waals surface area contributed by atoms with Gasteiger partial charge in [-0.25, -0.2) is 4.79 Å². The quantitative estimate of drug-likeness (QED) is 0.391. The van der Waals surface area contributed by atoms with E-state index in [9.17, 15) is 15.0 Å². The molecule has 0 atom stereocenters. The van der Waals surface area contributed by atoms with Gasteiger partial charge in [-0.15, -0.1) is 0 Å². The van der Waals surface area contributed by atoms with Crippen LogP contribution < -0.4 is 4.74 Å². The molecule has 4 nitrogen and oxygen atoms in total. The molecule has 0 aliphatic carbocycles. The molecule has 2 aromatic carbocycles. The molecule has 0 saturated heterocycles.